The molecule has 1 aromatic heterocycles. The number of hydrogen-bond acceptors (Lipinski definition) is 5. The number of hydrogen-bond donors (Lipinski definition) is 3. The molecule has 3 N–H and O–H groups in total. The maximum absolute atomic E-state index is 11.8. The molecule has 1 aliphatic heterocycles. The van der Waals surface area contributed by atoms with Crippen LogP contribution in [0.1, 0.15) is 62.4 Å². The molecule has 1 unspecified atom stereocenters. The SMILES string of the molecule is CCCCCCCCC1NC(=O)C=C1OCC(=O)NNC(=O)c1ccco1. The monoisotopic (exact) mass is 377 g/mol. The number of ether oxygens (including phenoxy) is 1. The molecule has 1 aromatic rings. The number of furan rings is 1. The van der Waals surface area contributed by atoms with Crippen molar-refractivity contribution in [2.75, 3.05) is 6.61 Å². The molecule has 0 bridgehead atoms. The van der Waals surface area contributed by atoms with Gasteiger partial charge in [-0.05, 0) is 18.6 Å². The van der Waals surface area contributed by atoms with Crippen molar-refractivity contribution in [3.8, 4) is 0 Å². The van der Waals surface area contributed by atoms with Gasteiger partial charge < -0.3 is 14.5 Å². The predicted molar refractivity (Wildman–Crippen MR) is 98.3 cm³/mol. The molecule has 2 heterocycles. The van der Waals surface area contributed by atoms with Crippen LogP contribution in [0, 0.1) is 0 Å². The molecule has 0 fully saturated rings. The first-order chi connectivity index (χ1) is 13.1. The van der Waals surface area contributed by atoms with Crippen molar-refractivity contribution in [2.24, 2.45) is 0 Å². The van der Waals surface area contributed by atoms with E-state index in [0.29, 0.717) is 5.76 Å². The molecule has 0 radical (unpaired) electrons. The highest BCUT2D eigenvalue weighted by molar-refractivity contribution is 5.93. The summed E-state index contributed by atoms with van der Waals surface area (Å²) >= 11 is 0. The quantitative estimate of drug-likeness (QED) is 0.404. The van der Waals surface area contributed by atoms with Gasteiger partial charge in [0.15, 0.2) is 12.4 Å². The number of hydrazine groups is 1. The lowest BCUT2D eigenvalue weighted by Crippen LogP contribution is -2.43. The summed E-state index contributed by atoms with van der Waals surface area (Å²) in [5.41, 5.74) is 4.46. The second kappa shape index (κ2) is 11.1. The van der Waals surface area contributed by atoms with Gasteiger partial charge in [0.2, 0.25) is 5.91 Å². The van der Waals surface area contributed by atoms with E-state index in [2.05, 4.69) is 23.1 Å². The number of unbranched alkanes of at least 4 members (excludes halogenated alkanes) is 5. The Kier molecular flexibility index (Phi) is 8.41. The van der Waals surface area contributed by atoms with Gasteiger partial charge in [0.05, 0.1) is 12.3 Å². The molecule has 8 heteroatoms. The normalized spacial score (nSPS) is 15.8. The molecular formula is C19H27N3O5. The molecule has 27 heavy (non-hydrogen) atoms. The zero-order valence-electron chi connectivity index (χ0n) is 15.6. The Hall–Kier alpha value is -2.77. The molecule has 1 aliphatic rings. The summed E-state index contributed by atoms with van der Waals surface area (Å²) in [6.07, 6.45) is 10.5. The highest BCUT2D eigenvalue weighted by atomic mass is 16.5. The summed E-state index contributed by atoms with van der Waals surface area (Å²) in [4.78, 5) is 35.1. The Morgan fingerprint density at radius 1 is 1.19 bits per heavy atom. The van der Waals surface area contributed by atoms with Crippen LogP contribution < -0.4 is 16.2 Å². The van der Waals surface area contributed by atoms with E-state index < -0.39 is 11.8 Å². The highest BCUT2D eigenvalue weighted by Crippen LogP contribution is 2.18. The van der Waals surface area contributed by atoms with Gasteiger partial charge in [-0.25, -0.2) is 0 Å². The van der Waals surface area contributed by atoms with Gasteiger partial charge in [0, 0.05) is 6.08 Å². The zero-order chi connectivity index (χ0) is 19.5. The number of rotatable bonds is 11. The summed E-state index contributed by atoms with van der Waals surface area (Å²) in [5, 5.41) is 2.83. The third-order valence-electron chi connectivity index (χ3n) is 4.21. The summed E-state index contributed by atoms with van der Waals surface area (Å²) in [6, 6.07) is 2.85. The zero-order valence-corrected chi connectivity index (χ0v) is 15.6. The van der Waals surface area contributed by atoms with E-state index in [9.17, 15) is 14.4 Å². The van der Waals surface area contributed by atoms with E-state index >= 15 is 0 Å². The van der Waals surface area contributed by atoms with Crippen LogP contribution in [0.3, 0.4) is 0 Å². The third-order valence-corrected chi connectivity index (χ3v) is 4.21. The van der Waals surface area contributed by atoms with Crippen molar-refractivity contribution >= 4 is 17.7 Å². The average Bonchev–Trinajstić information content (AvgIpc) is 3.30. The molecule has 3 amide bonds. The Morgan fingerprint density at radius 2 is 1.96 bits per heavy atom. The van der Waals surface area contributed by atoms with Crippen molar-refractivity contribution in [1.82, 2.24) is 16.2 Å². The van der Waals surface area contributed by atoms with Crippen LogP contribution in [0.25, 0.3) is 0 Å². The minimum atomic E-state index is -0.564. The molecular weight excluding hydrogens is 350 g/mol. The van der Waals surface area contributed by atoms with Crippen LogP contribution in [-0.2, 0) is 14.3 Å². The van der Waals surface area contributed by atoms with Gasteiger partial charge in [-0.1, -0.05) is 45.4 Å². The van der Waals surface area contributed by atoms with Gasteiger partial charge in [-0.15, -0.1) is 0 Å². The van der Waals surface area contributed by atoms with E-state index in [0.717, 1.165) is 19.3 Å². The van der Waals surface area contributed by atoms with Gasteiger partial charge in [-0.2, -0.15) is 0 Å². The first kappa shape index (κ1) is 20.5. The Labute approximate surface area is 158 Å². The van der Waals surface area contributed by atoms with Crippen LogP contribution in [-0.4, -0.2) is 30.4 Å². The lowest BCUT2D eigenvalue weighted by Gasteiger charge is -2.16. The molecule has 0 saturated heterocycles. The molecule has 0 spiro atoms. The third kappa shape index (κ3) is 7.16. The van der Waals surface area contributed by atoms with E-state index in [1.165, 1.54) is 44.1 Å². The Morgan fingerprint density at radius 3 is 2.70 bits per heavy atom. The van der Waals surface area contributed by atoms with Crippen molar-refractivity contribution < 1.29 is 23.5 Å². The fraction of sp³-hybridized carbons (Fsp3) is 0.526. The van der Waals surface area contributed by atoms with Crippen LogP contribution in [0.15, 0.2) is 34.6 Å². The van der Waals surface area contributed by atoms with E-state index in [1.54, 1.807) is 6.07 Å². The number of carbonyl (C=O) groups excluding carboxylic acids is 3. The minimum absolute atomic E-state index is 0.0866. The predicted octanol–water partition coefficient (Wildman–Crippen LogP) is 2.19. The number of carbonyl (C=O) groups is 3. The van der Waals surface area contributed by atoms with Crippen molar-refractivity contribution in [2.45, 2.75) is 57.9 Å². The number of nitrogens with one attached hydrogen (secondary N) is 3. The molecule has 8 nitrogen and oxygen atoms in total. The summed E-state index contributed by atoms with van der Waals surface area (Å²) in [6.45, 7) is 1.88. The van der Waals surface area contributed by atoms with Gasteiger partial charge >= 0.3 is 5.91 Å². The van der Waals surface area contributed by atoms with Gasteiger partial charge in [0.1, 0.15) is 5.76 Å². The lowest BCUT2D eigenvalue weighted by molar-refractivity contribution is -0.125. The second-order valence-corrected chi connectivity index (χ2v) is 6.43. The first-order valence-corrected chi connectivity index (χ1v) is 9.37. The molecule has 148 valence electrons. The molecule has 1 atom stereocenters. The van der Waals surface area contributed by atoms with Gasteiger partial charge in [0.25, 0.3) is 5.91 Å². The van der Waals surface area contributed by atoms with Gasteiger partial charge in [-0.3, -0.25) is 25.2 Å². The standard InChI is InChI=1S/C19H27N3O5/c1-2-3-4-5-6-7-9-14-16(12-17(23)20-14)27-13-18(24)21-22-19(25)15-10-8-11-26-15/h8,10-12,14H,2-7,9,13H2,1H3,(H,20,23)(H,21,24)(H,22,25). The Balaban J connectivity index is 1.66. The average molecular weight is 377 g/mol. The van der Waals surface area contributed by atoms with E-state index in [-0.39, 0.29) is 24.3 Å². The Bertz CT molecular complexity index is 654. The maximum Gasteiger partial charge on any atom is 0.305 e. The van der Waals surface area contributed by atoms with Crippen molar-refractivity contribution in [1.29, 1.82) is 0 Å². The summed E-state index contributed by atoms with van der Waals surface area (Å²) in [7, 11) is 0. The molecule has 2 rings (SSSR count). The first-order valence-electron chi connectivity index (χ1n) is 9.37. The summed E-state index contributed by atoms with van der Waals surface area (Å²) < 4.78 is 10.4. The molecule has 0 aliphatic carbocycles. The van der Waals surface area contributed by atoms with Crippen molar-refractivity contribution in [3.63, 3.8) is 0 Å². The fourth-order valence-electron chi connectivity index (χ4n) is 2.78. The number of amides is 3. The van der Waals surface area contributed by atoms with Crippen LogP contribution in [0.4, 0.5) is 0 Å². The highest BCUT2D eigenvalue weighted by Gasteiger charge is 2.25. The largest absolute Gasteiger partial charge is 0.486 e. The van der Waals surface area contributed by atoms with E-state index in [1.807, 2.05) is 0 Å². The minimum Gasteiger partial charge on any atom is -0.486 e. The second-order valence-electron chi connectivity index (χ2n) is 6.43. The van der Waals surface area contributed by atoms with Crippen molar-refractivity contribution in [3.05, 3.63) is 36.0 Å². The smallest absolute Gasteiger partial charge is 0.305 e. The fourth-order valence-corrected chi connectivity index (χ4v) is 2.78. The lowest BCUT2D eigenvalue weighted by atomic mass is 10.1. The van der Waals surface area contributed by atoms with Crippen LogP contribution in [0.2, 0.25) is 0 Å². The van der Waals surface area contributed by atoms with Crippen LogP contribution >= 0.6 is 0 Å². The summed E-state index contributed by atoms with van der Waals surface area (Å²) in [5.74, 6) is -0.767. The maximum atomic E-state index is 11.8. The molecule has 0 saturated carbocycles. The molecule has 0 aromatic carbocycles. The van der Waals surface area contributed by atoms with E-state index in [4.69, 9.17) is 9.15 Å². The topological polar surface area (TPSA) is 110 Å². The van der Waals surface area contributed by atoms with Crippen LogP contribution in [0.5, 0.6) is 0 Å².